The molecule has 1 rings (SSSR count). The molecule has 0 bridgehead atoms. The molecule has 1 aliphatic heterocycles. The normalized spacial score (nSPS) is 33.2. The Balaban J connectivity index is 2.71. The predicted octanol–water partition coefficient (Wildman–Crippen LogP) is -0.0123. The minimum absolute atomic E-state index is 0.481. The van der Waals surface area contributed by atoms with E-state index in [4.69, 9.17) is 0 Å². The Morgan fingerprint density at radius 1 is 1.80 bits per heavy atom. The second kappa shape index (κ2) is 1.51. The van der Waals surface area contributed by atoms with Gasteiger partial charge in [-0.25, -0.2) is 0 Å². The van der Waals surface area contributed by atoms with Crippen LogP contribution >= 0.6 is 0 Å². The Bertz CT molecular complexity index is 84.9. The van der Waals surface area contributed by atoms with Crippen LogP contribution in [-0.2, 0) is 0 Å². The molecule has 1 aliphatic rings. The molecule has 5 heavy (non-hydrogen) atoms. The van der Waals surface area contributed by atoms with Crippen LogP contribution in [0.4, 0.5) is 0 Å². The van der Waals surface area contributed by atoms with Gasteiger partial charge in [0, 0.05) is 0 Å². The van der Waals surface area contributed by atoms with Crippen molar-refractivity contribution in [1.29, 1.82) is 0 Å². The van der Waals surface area contributed by atoms with Gasteiger partial charge >= 0.3 is 41.8 Å². The van der Waals surface area contributed by atoms with Gasteiger partial charge in [0.25, 0.3) is 0 Å². The van der Waals surface area contributed by atoms with Crippen molar-refractivity contribution in [2.24, 2.45) is 0 Å². The number of hydrogen-bond donors (Lipinski definition) is 0. The molecule has 1 unspecified atom stereocenters. The second-order valence-electron chi connectivity index (χ2n) is 1.07. The summed E-state index contributed by atoms with van der Waals surface area (Å²) < 4.78 is 0. The molecule has 0 fully saturated rings. The van der Waals surface area contributed by atoms with E-state index in [0.717, 1.165) is 0 Å². The van der Waals surface area contributed by atoms with Crippen LogP contribution in [0.5, 0.6) is 0 Å². The van der Waals surface area contributed by atoms with Crippen molar-refractivity contribution < 1.29 is 0 Å². The molecule has 0 radical (unpaired) electrons. The summed E-state index contributed by atoms with van der Waals surface area (Å²) in [4.78, 5) is 2.33. The monoisotopic (exact) mass is 196 g/mol. The summed E-state index contributed by atoms with van der Waals surface area (Å²) in [6, 6.07) is 0. The van der Waals surface area contributed by atoms with E-state index < -0.39 is 12.2 Å². The van der Waals surface area contributed by atoms with Gasteiger partial charge in [0.1, 0.15) is 0 Å². The molecule has 0 spiro atoms. The molecule has 1 atom stereocenters. The summed E-state index contributed by atoms with van der Waals surface area (Å²) in [5, 5.41) is 1.42. The van der Waals surface area contributed by atoms with E-state index in [2.05, 4.69) is 24.4 Å². The third-order valence-electron chi connectivity index (χ3n) is 0.623. The molecule has 0 aliphatic carbocycles. The van der Waals surface area contributed by atoms with Crippen LogP contribution in [0, 0.1) is 0 Å². The molecule has 0 saturated carbocycles. The van der Waals surface area contributed by atoms with Crippen LogP contribution in [0.25, 0.3) is 0 Å². The van der Waals surface area contributed by atoms with Gasteiger partial charge in [0.2, 0.25) is 0 Å². The molecular weight excluding hydrogens is 190 g/mol. The molecule has 0 saturated heterocycles. The van der Waals surface area contributed by atoms with E-state index in [-0.39, 0.29) is 0 Å². The zero-order valence-corrected chi connectivity index (χ0v) is 6.58. The van der Waals surface area contributed by atoms with Gasteiger partial charge in [0.05, 0.1) is 0 Å². The van der Waals surface area contributed by atoms with E-state index >= 15 is 0 Å². The van der Waals surface area contributed by atoms with Crippen molar-refractivity contribution in [1.82, 2.24) is 0 Å². The summed E-state index contributed by atoms with van der Waals surface area (Å²) in [5.41, 5.74) is 0. The van der Waals surface area contributed by atoms with Gasteiger partial charge < -0.3 is 0 Å². The van der Waals surface area contributed by atoms with E-state index in [9.17, 15) is 0 Å². The van der Waals surface area contributed by atoms with Crippen LogP contribution in [-0.4, -0.2) is 25.7 Å². The summed E-state index contributed by atoms with van der Waals surface area (Å²) in [6.07, 6.45) is 2.24. The molecule has 28 valence electrons. The van der Waals surface area contributed by atoms with Crippen molar-refractivity contribution in [3.05, 3.63) is 10.9 Å². The third-order valence-corrected chi connectivity index (χ3v) is 6.54. The van der Waals surface area contributed by atoms with Gasteiger partial charge in [-0.3, -0.25) is 0 Å². The molecule has 0 nitrogen and oxygen atoms in total. The molecule has 0 aromatic carbocycles. The topological polar surface area (TPSA) is 0 Å². The Labute approximate surface area is 42.1 Å². The van der Waals surface area contributed by atoms with Crippen molar-refractivity contribution in [2.75, 3.05) is 0 Å². The average molecular weight is 195 g/mol. The SMILES string of the molecule is [Se]=[AsH]1C=CC1. The molecule has 1 heterocycles. The summed E-state index contributed by atoms with van der Waals surface area (Å²) in [6.45, 7) is 0. The van der Waals surface area contributed by atoms with Gasteiger partial charge in [-0.2, -0.15) is 0 Å². The molecule has 0 amide bonds. The summed E-state index contributed by atoms with van der Waals surface area (Å²) in [7, 11) is 0. The molecule has 0 N–H and O–H groups in total. The first-order valence-corrected chi connectivity index (χ1v) is 9.59. The number of hydrogen-bond acceptors (Lipinski definition) is 0. The minimum atomic E-state index is -0.481. The number of rotatable bonds is 0. The van der Waals surface area contributed by atoms with Gasteiger partial charge in [-0.15, -0.1) is 0 Å². The first-order chi connectivity index (χ1) is 2.39. The molecule has 2 heteroatoms. The average Bonchev–Trinajstić information content (AvgIpc) is 1.30. The number of allylic oxidation sites excluding steroid dienone is 1. The Hall–Kier alpha value is 0.818. The summed E-state index contributed by atoms with van der Waals surface area (Å²) in [5.74, 6) is 0. The fraction of sp³-hybridized carbons (Fsp3) is 0.333. The predicted molar refractivity (Wildman–Crippen MR) is 26.8 cm³/mol. The maximum atomic E-state index is 3.16. The van der Waals surface area contributed by atoms with E-state index in [1.807, 2.05) is 0 Å². The van der Waals surface area contributed by atoms with Crippen molar-refractivity contribution in [3.63, 3.8) is 0 Å². The summed E-state index contributed by atoms with van der Waals surface area (Å²) >= 11 is 2.67. The van der Waals surface area contributed by atoms with E-state index in [1.165, 1.54) is 5.21 Å². The van der Waals surface area contributed by atoms with Crippen LogP contribution in [0.2, 0.25) is 5.21 Å². The third kappa shape index (κ3) is 0.823. The molecule has 0 aromatic rings. The van der Waals surface area contributed by atoms with Crippen molar-refractivity contribution in [2.45, 2.75) is 5.21 Å². The maximum absolute atomic E-state index is 3.16. The first kappa shape index (κ1) is 3.99. The Morgan fingerprint density at radius 3 is 2.20 bits per heavy atom. The van der Waals surface area contributed by atoms with Crippen LogP contribution in [0.3, 0.4) is 0 Å². The Kier molecular flexibility index (Phi) is 1.21. The fourth-order valence-corrected chi connectivity index (χ4v) is 3.21. The van der Waals surface area contributed by atoms with Gasteiger partial charge in [-0.1, -0.05) is 0 Å². The van der Waals surface area contributed by atoms with Crippen LogP contribution in [0.1, 0.15) is 0 Å². The fourth-order valence-electron chi connectivity index (χ4n) is 0.214. The van der Waals surface area contributed by atoms with Gasteiger partial charge in [-0.05, 0) is 0 Å². The second-order valence-corrected chi connectivity index (χ2v) is 10.3. The molecular formula is C3H5AsSe. The Morgan fingerprint density at radius 2 is 2.20 bits per heavy atom. The van der Waals surface area contributed by atoms with E-state index in [1.54, 1.807) is 0 Å². The zero-order chi connectivity index (χ0) is 3.70. The standard InChI is InChI=1S/C3H5AsSe/c5-4-2-1-3-4/h1-2,4H,3H2. The molecule has 0 aromatic heterocycles. The van der Waals surface area contributed by atoms with Crippen LogP contribution in [0.15, 0.2) is 10.9 Å². The van der Waals surface area contributed by atoms with Gasteiger partial charge in [0.15, 0.2) is 0 Å². The zero-order valence-electron chi connectivity index (χ0n) is 2.77. The quantitative estimate of drug-likeness (QED) is 0.477. The van der Waals surface area contributed by atoms with Crippen LogP contribution < -0.4 is 0 Å². The van der Waals surface area contributed by atoms with Crippen molar-refractivity contribution in [3.8, 4) is 0 Å². The van der Waals surface area contributed by atoms with Crippen molar-refractivity contribution >= 4 is 25.7 Å². The first-order valence-electron chi connectivity index (χ1n) is 1.59. The van der Waals surface area contributed by atoms with E-state index in [0.29, 0.717) is 0 Å².